The van der Waals surface area contributed by atoms with E-state index in [-0.39, 0.29) is 5.91 Å². The highest BCUT2D eigenvalue weighted by Gasteiger charge is 1.98. The summed E-state index contributed by atoms with van der Waals surface area (Å²) in [5.41, 5.74) is 2.55. The summed E-state index contributed by atoms with van der Waals surface area (Å²) in [7, 11) is 0. The number of nitrogens with one attached hydrogen (secondary N) is 1. The van der Waals surface area contributed by atoms with Crippen molar-refractivity contribution in [1.29, 1.82) is 0 Å². The molecule has 0 saturated heterocycles. The van der Waals surface area contributed by atoms with Gasteiger partial charge in [-0.1, -0.05) is 52.9 Å². The van der Waals surface area contributed by atoms with Crippen molar-refractivity contribution in [3.63, 3.8) is 0 Å². The predicted octanol–water partition coefficient (Wildman–Crippen LogP) is 3.50. The second-order valence-electron chi connectivity index (χ2n) is 4.57. The van der Waals surface area contributed by atoms with Crippen molar-refractivity contribution in [2.24, 2.45) is 11.0 Å². The van der Waals surface area contributed by atoms with E-state index in [9.17, 15) is 4.79 Å². The average molecular weight is 226 g/mol. The molecule has 1 N–H and O–H groups in total. The molecule has 0 heterocycles. The molecule has 0 aliphatic carbocycles. The van der Waals surface area contributed by atoms with Gasteiger partial charge in [0.1, 0.15) is 0 Å². The first-order chi connectivity index (χ1) is 7.66. The Morgan fingerprint density at radius 3 is 2.44 bits per heavy atom. The Kier molecular flexibility index (Phi) is 10.1. The maximum Gasteiger partial charge on any atom is 0.240 e. The van der Waals surface area contributed by atoms with Crippen LogP contribution in [0, 0.1) is 5.92 Å². The van der Waals surface area contributed by atoms with Crippen LogP contribution in [0.15, 0.2) is 5.10 Å². The van der Waals surface area contributed by atoms with E-state index in [4.69, 9.17) is 0 Å². The Hall–Kier alpha value is -0.860. The minimum Gasteiger partial charge on any atom is -0.273 e. The van der Waals surface area contributed by atoms with E-state index in [0.29, 0.717) is 12.3 Å². The molecular formula is C13H26N2O. The molecule has 0 radical (unpaired) electrons. The molecule has 16 heavy (non-hydrogen) atoms. The van der Waals surface area contributed by atoms with Crippen LogP contribution >= 0.6 is 0 Å². The van der Waals surface area contributed by atoms with Crippen LogP contribution in [-0.4, -0.2) is 12.1 Å². The maximum atomic E-state index is 11.3. The Balaban J connectivity index is 3.30. The number of rotatable bonds is 9. The lowest BCUT2D eigenvalue weighted by Crippen LogP contribution is -2.17. The van der Waals surface area contributed by atoms with E-state index in [1.807, 2.05) is 13.8 Å². The smallest absolute Gasteiger partial charge is 0.240 e. The Labute approximate surface area is 99.7 Å². The minimum absolute atomic E-state index is 0.0346. The lowest BCUT2D eigenvalue weighted by molar-refractivity contribution is -0.121. The number of carbonyl (C=O) groups excluding carboxylic acids is 1. The fourth-order valence-corrected chi connectivity index (χ4v) is 1.38. The van der Waals surface area contributed by atoms with Gasteiger partial charge in [0.25, 0.3) is 0 Å². The summed E-state index contributed by atoms with van der Waals surface area (Å²) < 4.78 is 0. The highest BCUT2D eigenvalue weighted by atomic mass is 16.2. The van der Waals surface area contributed by atoms with Gasteiger partial charge in [0.15, 0.2) is 0 Å². The lowest BCUT2D eigenvalue weighted by atomic mass is 10.1. The van der Waals surface area contributed by atoms with Crippen molar-refractivity contribution in [2.45, 2.75) is 65.7 Å². The molecule has 0 aromatic rings. The summed E-state index contributed by atoms with van der Waals surface area (Å²) >= 11 is 0. The summed E-state index contributed by atoms with van der Waals surface area (Å²) in [5.74, 6) is 0.418. The molecule has 0 atom stereocenters. The molecule has 0 rings (SSSR count). The second-order valence-corrected chi connectivity index (χ2v) is 4.57. The van der Waals surface area contributed by atoms with Crippen molar-refractivity contribution in [1.82, 2.24) is 5.43 Å². The Morgan fingerprint density at radius 1 is 1.19 bits per heavy atom. The summed E-state index contributed by atoms with van der Waals surface area (Å²) in [6, 6.07) is 0. The SMILES string of the molecule is CCCCCCCCC(=O)N/N=C/C(C)C. The van der Waals surface area contributed by atoms with E-state index in [1.54, 1.807) is 6.21 Å². The summed E-state index contributed by atoms with van der Waals surface area (Å²) in [5, 5.41) is 3.87. The maximum absolute atomic E-state index is 11.3. The number of hydrogen-bond acceptors (Lipinski definition) is 2. The van der Waals surface area contributed by atoms with Crippen LogP contribution in [0.1, 0.15) is 65.7 Å². The lowest BCUT2D eigenvalue weighted by Gasteiger charge is -2.01. The van der Waals surface area contributed by atoms with E-state index in [2.05, 4.69) is 17.5 Å². The summed E-state index contributed by atoms with van der Waals surface area (Å²) in [6.07, 6.45) is 9.60. The minimum atomic E-state index is 0.0346. The van der Waals surface area contributed by atoms with Gasteiger partial charge >= 0.3 is 0 Å². The first-order valence-electron chi connectivity index (χ1n) is 6.48. The van der Waals surface area contributed by atoms with Gasteiger partial charge in [-0.25, -0.2) is 5.43 Å². The van der Waals surface area contributed by atoms with Crippen LogP contribution in [0.25, 0.3) is 0 Å². The van der Waals surface area contributed by atoms with Crippen molar-refractivity contribution in [3.05, 3.63) is 0 Å². The molecule has 0 aliphatic rings. The standard InChI is InChI=1S/C13H26N2O/c1-4-5-6-7-8-9-10-13(16)15-14-11-12(2)3/h11-12H,4-10H2,1-3H3,(H,15,16)/b14-11+. The Morgan fingerprint density at radius 2 is 1.81 bits per heavy atom. The highest BCUT2D eigenvalue weighted by molar-refractivity contribution is 5.76. The third-order valence-electron chi connectivity index (χ3n) is 2.32. The largest absolute Gasteiger partial charge is 0.273 e. The molecular weight excluding hydrogens is 200 g/mol. The van der Waals surface area contributed by atoms with Crippen molar-refractivity contribution in [2.75, 3.05) is 0 Å². The Bertz CT molecular complexity index is 200. The van der Waals surface area contributed by atoms with E-state index < -0.39 is 0 Å². The number of carbonyl (C=O) groups is 1. The van der Waals surface area contributed by atoms with Crippen LogP contribution in [0.2, 0.25) is 0 Å². The highest BCUT2D eigenvalue weighted by Crippen LogP contribution is 2.06. The molecule has 0 aromatic heterocycles. The third kappa shape index (κ3) is 11.2. The van der Waals surface area contributed by atoms with Gasteiger partial charge in [-0.15, -0.1) is 0 Å². The van der Waals surface area contributed by atoms with Crippen LogP contribution in [0.4, 0.5) is 0 Å². The van der Waals surface area contributed by atoms with Crippen LogP contribution in [0.3, 0.4) is 0 Å². The molecule has 0 aliphatic heterocycles. The summed E-state index contributed by atoms with van der Waals surface area (Å²) in [4.78, 5) is 11.3. The quantitative estimate of drug-likeness (QED) is 0.365. The zero-order valence-electron chi connectivity index (χ0n) is 11.0. The van der Waals surface area contributed by atoms with Gasteiger partial charge in [0.05, 0.1) is 0 Å². The number of hydrazone groups is 1. The number of nitrogens with zero attached hydrogens (tertiary/aromatic N) is 1. The molecule has 0 unspecified atom stereocenters. The molecule has 0 aromatic carbocycles. The van der Waals surface area contributed by atoms with Crippen LogP contribution < -0.4 is 5.43 Å². The molecule has 0 bridgehead atoms. The fraction of sp³-hybridized carbons (Fsp3) is 0.846. The summed E-state index contributed by atoms with van der Waals surface area (Å²) in [6.45, 7) is 6.27. The van der Waals surface area contributed by atoms with E-state index >= 15 is 0 Å². The van der Waals surface area contributed by atoms with Crippen molar-refractivity contribution in [3.8, 4) is 0 Å². The van der Waals surface area contributed by atoms with E-state index in [1.165, 1.54) is 25.7 Å². The molecule has 0 fully saturated rings. The zero-order chi connectivity index (χ0) is 12.2. The first-order valence-corrected chi connectivity index (χ1v) is 6.48. The van der Waals surface area contributed by atoms with Crippen LogP contribution in [0.5, 0.6) is 0 Å². The molecule has 0 saturated carbocycles. The van der Waals surface area contributed by atoms with Gasteiger partial charge < -0.3 is 0 Å². The normalized spacial score (nSPS) is 11.2. The average Bonchev–Trinajstić information content (AvgIpc) is 2.22. The molecule has 1 amide bonds. The fourth-order valence-electron chi connectivity index (χ4n) is 1.38. The third-order valence-corrected chi connectivity index (χ3v) is 2.32. The van der Waals surface area contributed by atoms with Gasteiger partial charge in [-0.2, -0.15) is 5.10 Å². The first kappa shape index (κ1) is 15.1. The topological polar surface area (TPSA) is 41.5 Å². The van der Waals surface area contributed by atoms with Crippen molar-refractivity contribution >= 4 is 12.1 Å². The molecule has 3 nitrogen and oxygen atoms in total. The van der Waals surface area contributed by atoms with Crippen LogP contribution in [-0.2, 0) is 4.79 Å². The molecule has 94 valence electrons. The number of unbranched alkanes of at least 4 members (excludes halogenated alkanes) is 5. The predicted molar refractivity (Wildman–Crippen MR) is 69.5 cm³/mol. The van der Waals surface area contributed by atoms with Crippen molar-refractivity contribution < 1.29 is 4.79 Å². The molecule has 0 spiro atoms. The van der Waals surface area contributed by atoms with Gasteiger partial charge in [0, 0.05) is 12.6 Å². The number of hydrogen-bond donors (Lipinski definition) is 1. The second kappa shape index (κ2) is 10.7. The zero-order valence-corrected chi connectivity index (χ0v) is 11.0. The van der Waals surface area contributed by atoms with Gasteiger partial charge in [-0.3, -0.25) is 4.79 Å². The monoisotopic (exact) mass is 226 g/mol. The van der Waals surface area contributed by atoms with Gasteiger partial charge in [-0.05, 0) is 12.3 Å². The van der Waals surface area contributed by atoms with Gasteiger partial charge in [0.2, 0.25) is 5.91 Å². The number of amides is 1. The van der Waals surface area contributed by atoms with E-state index in [0.717, 1.165) is 12.8 Å². The molecule has 3 heteroatoms.